The van der Waals surface area contributed by atoms with Crippen LogP contribution >= 0.6 is 11.8 Å². The molecule has 3 aromatic carbocycles. The van der Waals surface area contributed by atoms with Gasteiger partial charge >= 0.3 is 0 Å². The highest BCUT2D eigenvalue weighted by Gasteiger charge is 2.39. The van der Waals surface area contributed by atoms with Gasteiger partial charge in [-0.25, -0.2) is 9.40 Å². The SMILES string of the molecule is COc1ccc(C2=NN(C3=NC(=O)[C@@H](CC(=O)Nc4cccc(F)c4)S3)[C@H](c3ccc(C)cc3)C2)cc1. The van der Waals surface area contributed by atoms with Crippen molar-refractivity contribution in [3.05, 3.63) is 95.3 Å². The molecule has 5 rings (SSSR count). The second kappa shape index (κ2) is 10.6. The molecule has 0 saturated carbocycles. The maximum Gasteiger partial charge on any atom is 0.262 e. The van der Waals surface area contributed by atoms with E-state index >= 15 is 0 Å². The fourth-order valence-corrected chi connectivity index (χ4v) is 5.31. The molecule has 0 bridgehead atoms. The van der Waals surface area contributed by atoms with Crippen molar-refractivity contribution >= 4 is 40.1 Å². The molecule has 0 radical (unpaired) electrons. The van der Waals surface area contributed by atoms with E-state index in [1.54, 1.807) is 18.2 Å². The van der Waals surface area contributed by atoms with Crippen LogP contribution in [0.3, 0.4) is 0 Å². The molecule has 2 aliphatic rings. The van der Waals surface area contributed by atoms with Gasteiger partial charge in [0.05, 0.1) is 18.9 Å². The zero-order chi connectivity index (χ0) is 25.9. The summed E-state index contributed by atoms with van der Waals surface area (Å²) in [5, 5.41) is 9.08. The van der Waals surface area contributed by atoms with Crippen LogP contribution in [0.1, 0.15) is 35.6 Å². The summed E-state index contributed by atoms with van der Waals surface area (Å²) in [4.78, 5) is 29.6. The van der Waals surface area contributed by atoms with Crippen molar-refractivity contribution < 1.29 is 18.7 Å². The van der Waals surface area contributed by atoms with Crippen molar-refractivity contribution in [1.82, 2.24) is 5.01 Å². The van der Waals surface area contributed by atoms with Gasteiger partial charge in [-0.3, -0.25) is 9.59 Å². The van der Waals surface area contributed by atoms with E-state index < -0.39 is 11.1 Å². The van der Waals surface area contributed by atoms with Crippen LogP contribution in [0.25, 0.3) is 0 Å². The van der Waals surface area contributed by atoms with Crippen LogP contribution in [0.15, 0.2) is 82.9 Å². The monoisotopic (exact) mass is 516 g/mol. The van der Waals surface area contributed by atoms with E-state index in [1.807, 2.05) is 43.3 Å². The van der Waals surface area contributed by atoms with Gasteiger partial charge < -0.3 is 10.1 Å². The first-order chi connectivity index (χ1) is 17.9. The molecular weight excluding hydrogens is 491 g/mol. The molecule has 0 fully saturated rings. The Morgan fingerprint density at radius 2 is 1.89 bits per heavy atom. The third-order valence-corrected chi connectivity index (χ3v) is 7.34. The molecule has 0 saturated heterocycles. The largest absolute Gasteiger partial charge is 0.497 e. The molecular formula is C28H25FN4O3S. The van der Waals surface area contributed by atoms with Crippen LogP contribution in [0.5, 0.6) is 5.75 Å². The number of hydrazone groups is 1. The van der Waals surface area contributed by atoms with Crippen molar-refractivity contribution in [1.29, 1.82) is 0 Å². The number of methoxy groups -OCH3 is 1. The van der Waals surface area contributed by atoms with E-state index in [0.717, 1.165) is 28.2 Å². The number of amidine groups is 1. The van der Waals surface area contributed by atoms with Crippen LogP contribution in [0.4, 0.5) is 10.1 Å². The summed E-state index contributed by atoms with van der Waals surface area (Å²) < 4.78 is 18.7. The van der Waals surface area contributed by atoms with Crippen molar-refractivity contribution in [3.8, 4) is 5.75 Å². The molecule has 9 heteroatoms. The van der Waals surface area contributed by atoms with Gasteiger partial charge in [0.25, 0.3) is 5.91 Å². The Bertz CT molecular complexity index is 1390. The summed E-state index contributed by atoms with van der Waals surface area (Å²) in [7, 11) is 1.62. The maximum atomic E-state index is 13.4. The fraction of sp³-hybridized carbons (Fsp3) is 0.214. The van der Waals surface area contributed by atoms with Gasteiger partial charge in [-0.05, 0) is 60.5 Å². The number of amides is 2. The number of ether oxygens (including phenoxy) is 1. The van der Waals surface area contributed by atoms with Gasteiger partial charge in [0.15, 0.2) is 5.17 Å². The van der Waals surface area contributed by atoms with Gasteiger partial charge in [0.2, 0.25) is 5.91 Å². The molecule has 2 aliphatic heterocycles. The van der Waals surface area contributed by atoms with E-state index in [4.69, 9.17) is 9.84 Å². The topological polar surface area (TPSA) is 83.4 Å². The Hall–Kier alpha value is -3.98. The Morgan fingerprint density at radius 3 is 2.59 bits per heavy atom. The van der Waals surface area contributed by atoms with Crippen LogP contribution in [-0.4, -0.2) is 40.1 Å². The van der Waals surface area contributed by atoms with E-state index in [-0.39, 0.29) is 24.3 Å². The smallest absolute Gasteiger partial charge is 0.262 e. The highest BCUT2D eigenvalue weighted by molar-refractivity contribution is 8.15. The highest BCUT2D eigenvalue weighted by atomic mass is 32.2. The number of benzene rings is 3. The number of anilines is 1. The minimum Gasteiger partial charge on any atom is -0.497 e. The van der Waals surface area contributed by atoms with E-state index in [1.165, 1.54) is 30.0 Å². The predicted molar refractivity (Wildman–Crippen MR) is 143 cm³/mol. The van der Waals surface area contributed by atoms with Gasteiger partial charge in [0, 0.05) is 18.5 Å². The Labute approximate surface area is 218 Å². The number of thioether (sulfide) groups is 1. The summed E-state index contributed by atoms with van der Waals surface area (Å²) in [6.45, 7) is 2.03. The molecule has 2 amide bonds. The molecule has 2 heterocycles. The molecule has 188 valence electrons. The molecule has 0 spiro atoms. The second-order valence-electron chi connectivity index (χ2n) is 8.85. The Morgan fingerprint density at radius 1 is 1.14 bits per heavy atom. The molecule has 37 heavy (non-hydrogen) atoms. The normalized spacial score (nSPS) is 19.0. The molecule has 2 atom stereocenters. The van der Waals surface area contributed by atoms with Crippen molar-refractivity contribution in [2.24, 2.45) is 10.1 Å². The fourth-order valence-electron chi connectivity index (χ4n) is 4.24. The maximum absolute atomic E-state index is 13.4. The number of nitrogens with one attached hydrogen (secondary N) is 1. The molecule has 0 aliphatic carbocycles. The zero-order valence-corrected chi connectivity index (χ0v) is 21.2. The lowest BCUT2D eigenvalue weighted by Gasteiger charge is -2.23. The molecule has 7 nitrogen and oxygen atoms in total. The standard InChI is InChI=1S/C28H25FN4O3S/c1-17-6-8-19(9-7-17)24-15-23(18-10-12-22(36-2)13-11-18)32-33(24)28-31-27(35)25(37-28)16-26(34)30-21-5-3-4-20(29)14-21/h3-14,24-25H,15-16H2,1-2H3,(H,30,34)/t24-,25+/m0/s1. The second-order valence-corrected chi connectivity index (χ2v) is 10.0. The lowest BCUT2D eigenvalue weighted by molar-refractivity contribution is -0.121. The summed E-state index contributed by atoms with van der Waals surface area (Å²) in [5.74, 6) is -0.455. The molecule has 0 aromatic heterocycles. The minimum atomic E-state index is -0.678. The third-order valence-electron chi connectivity index (χ3n) is 6.20. The van der Waals surface area contributed by atoms with Gasteiger partial charge in [-0.1, -0.05) is 47.7 Å². The van der Waals surface area contributed by atoms with Gasteiger partial charge in [-0.2, -0.15) is 10.1 Å². The van der Waals surface area contributed by atoms with Crippen LogP contribution in [0, 0.1) is 12.7 Å². The number of carbonyl (C=O) groups excluding carboxylic acids is 2. The number of rotatable bonds is 6. The van der Waals surface area contributed by atoms with Crippen LogP contribution in [-0.2, 0) is 9.59 Å². The quantitative estimate of drug-likeness (QED) is 0.480. The number of aryl methyl sites for hydroxylation is 1. The Balaban J connectivity index is 1.35. The van der Waals surface area contributed by atoms with Gasteiger partial charge in [0.1, 0.15) is 16.8 Å². The van der Waals surface area contributed by atoms with E-state index in [2.05, 4.69) is 22.4 Å². The number of nitrogens with zero attached hydrogens (tertiary/aromatic N) is 3. The molecule has 3 aromatic rings. The molecule has 0 unspecified atom stereocenters. The number of hydrogen-bond donors (Lipinski definition) is 1. The average Bonchev–Trinajstić information content (AvgIpc) is 3.48. The van der Waals surface area contributed by atoms with Crippen LogP contribution in [0.2, 0.25) is 0 Å². The zero-order valence-electron chi connectivity index (χ0n) is 20.3. The Kier molecular flexibility index (Phi) is 7.05. The van der Waals surface area contributed by atoms with Crippen molar-refractivity contribution in [2.45, 2.75) is 31.1 Å². The number of carbonyl (C=O) groups is 2. The first-order valence-electron chi connectivity index (χ1n) is 11.8. The lowest BCUT2D eigenvalue weighted by Crippen LogP contribution is -2.25. The summed E-state index contributed by atoms with van der Waals surface area (Å²) in [6, 6.07) is 21.4. The number of hydrogen-bond acceptors (Lipinski definition) is 6. The summed E-state index contributed by atoms with van der Waals surface area (Å²) >= 11 is 1.23. The first-order valence-corrected chi connectivity index (χ1v) is 12.7. The summed E-state index contributed by atoms with van der Waals surface area (Å²) in [6.07, 6.45) is 0.555. The van der Waals surface area contributed by atoms with Gasteiger partial charge in [-0.15, -0.1) is 0 Å². The third kappa shape index (κ3) is 5.56. The van der Waals surface area contributed by atoms with E-state index in [9.17, 15) is 14.0 Å². The van der Waals surface area contributed by atoms with Crippen LogP contribution < -0.4 is 10.1 Å². The van der Waals surface area contributed by atoms with Crippen molar-refractivity contribution in [3.63, 3.8) is 0 Å². The van der Waals surface area contributed by atoms with Crippen molar-refractivity contribution in [2.75, 3.05) is 12.4 Å². The highest BCUT2D eigenvalue weighted by Crippen LogP contribution is 2.38. The first kappa shape index (κ1) is 24.7. The minimum absolute atomic E-state index is 0.0783. The number of aliphatic imine (C=N–C) groups is 1. The summed E-state index contributed by atoms with van der Waals surface area (Å²) in [5.41, 5.74) is 4.38. The van der Waals surface area contributed by atoms with E-state index in [0.29, 0.717) is 17.3 Å². The predicted octanol–water partition coefficient (Wildman–Crippen LogP) is 5.32. The molecule has 1 N–H and O–H groups in total. The average molecular weight is 517 g/mol. The number of halogens is 1. The lowest BCUT2D eigenvalue weighted by atomic mass is 9.98.